The Morgan fingerprint density at radius 3 is 2.40 bits per heavy atom. The zero-order valence-corrected chi connectivity index (χ0v) is 18.0. The molecule has 0 fully saturated rings. The Hall–Kier alpha value is -3.12. The van der Waals surface area contributed by atoms with Crippen molar-refractivity contribution in [1.82, 2.24) is 9.55 Å². The minimum absolute atomic E-state index is 0.113. The van der Waals surface area contributed by atoms with Crippen LogP contribution < -0.4 is 10.9 Å². The van der Waals surface area contributed by atoms with E-state index in [0.29, 0.717) is 22.0 Å². The van der Waals surface area contributed by atoms with Gasteiger partial charge in [0.05, 0.1) is 16.7 Å². The van der Waals surface area contributed by atoms with Gasteiger partial charge in [-0.05, 0) is 46.5 Å². The standard InChI is InChI=1S/C24H23N3O2S/c1-15(2)16-8-10-19(11-9-16)25-22(28)14-30-24-26-21-13-18-7-5-4-6-17(18)12-20(21)23(29)27(24)3/h4-13,15H,14H2,1-3H3,(H,25,28). The average Bonchev–Trinajstić information content (AvgIpc) is 2.74. The lowest BCUT2D eigenvalue weighted by atomic mass is 10.0. The smallest absolute Gasteiger partial charge is 0.261 e. The van der Waals surface area contributed by atoms with Crippen LogP contribution in [0.25, 0.3) is 21.7 Å². The van der Waals surface area contributed by atoms with E-state index in [1.165, 1.54) is 21.9 Å². The van der Waals surface area contributed by atoms with Crippen molar-refractivity contribution in [2.75, 3.05) is 11.1 Å². The lowest BCUT2D eigenvalue weighted by Crippen LogP contribution is -2.21. The van der Waals surface area contributed by atoms with Crippen LogP contribution in [0.2, 0.25) is 0 Å². The highest BCUT2D eigenvalue weighted by molar-refractivity contribution is 7.99. The normalized spacial score (nSPS) is 11.3. The predicted octanol–water partition coefficient (Wildman–Crippen LogP) is 4.94. The van der Waals surface area contributed by atoms with Crippen LogP contribution in [0, 0.1) is 0 Å². The third-order valence-electron chi connectivity index (χ3n) is 5.10. The number of hydrogen-bond donors (Lipinski definition) is 1. The maximum absolute atomic E-state index is 12.8. The van der Waals surface area contributed by atoms with Crippen molar-refractivity contribution in [2.45, 2.75) is 24.9 Å². The second kappa shape index (κ2) is 8.32. The van der Waals surface area contributed by atoms with Gasteiger partial charge in [-0.3, -0.25) is 14.2 Å². The fraction of sp³-hybridized carbons (Fsp3) is 0.208. The number of rotatable bonds is 5. The summed E-state index contributed by atoms with van der Waals surface area (Å²) < 4.78 is 1.51. The Kier molecular flexibility index (Phi) is 5.59. The monoisotopic (exact) mass is 417 g/mol. The maximum Gasteiger partial charge on any atom is 0.261 e. The maximum atomic E-state index is 12.8. The van der Waals surface area contributed by atoms with Crippen LogP contribution in [0.3, 0.4) is 0 Å². The molecule has 1 N–H and O–H groups in total. The number of hydrogen-bond acceptors (Lipinski definition) is 4. The third kappa shape index (κ3) is 4.09. The summed E-state index contributed by atoms with van der Waals surface area (Å²) in [5.41, 5.74) is 2.52. The zero-order valence-electron chi connectivity index (χ0n) is 17.2. The van der Waals surface area contributed by atoms with Crippen molar-refractivity contribution < 1.29 is 4.79 Å². The van der Waals surface area contributed by atoms with Crippen molar-refractivity contribution in [2.24, 2.45) is 7.05 Å². The van der Waals surface area contributed by atoms with E-state index in [4.69, 9.17) is 0 Å². The van der Waals surface area contributed by atoms with Gasteiger partial charge in [0.15, 0.2) is 5.16 Å². The third-order valence-corrected chi connectivity index (χ3v) is 6.13. The molecule has 4 rings (SSSR count). The molecule has 0 spiro atoms. The number of amides is 1. The quantitative estimate of drug-likeness (QED) is 0.284. The van der Waals surface area contributed by atoms with Crippen LogP contribution in [-0.4, -0.2) is 21.2 Å². The Bertz CT molecular complexity index is 1290. The Balaban J connectivity index is 1.53. The number of anilines is 1. The molecule has 4 aromatic rings. The summed E-state index contributed by atoms with van der Waals surface area (Å²) in [5.74, 6) is 0.485. The van der Waals surface area contributed by atoms with Crippen LogP contribution >= 0.6 is 11.8 Å². The molecule has 6 heteroatoms. The van der Waals surface area contributed by atoms with Gasteiger partial charge >= 0.3 is 0 Å². The summed E-state index contributed by atoms with van der Waals surface area (Å²) >= 11 is 1.26. The minimum atomic E-state index is -0.134. The Morgan fingerprint density at radius 2 is 1.73 bits per heavy atom. The van der Waals surface area contributed by atoms with Crippen molar-refractivity contribution in [1.29, 1.82) is 0 Å². The lowest BCUT2D eigenvalue weighted by molar-refractivity contribution is -0.113. The first-order valence-electron chi connectivity index (χ1n) is 9.84. The van der Waals surface area contributed by atoms with Crippen LogP contribution in [0.15, 0.2) is 70.6 Å². The summed E-state index contributed by atoms with van der Waals surface area (Å²) in [5, 5.41) is 6.04. The van der Waals surface area contributed by atoms with Gasteiger partial charge in [-0.1, -0.05) is 62.0 Å². The van der Waals surface area contributed by atoms with Gasteiger partial charge in [-0.25, -0.2) is 4.98 Å². The topological polar surface area (TPSA) is 64.0 Å². The van der Waals surface area contributed by atoms with Crippen molar-refractivity contribution in [3.05, 3.63) is 76.6 Å². The van der Waals surface area contributed by atoms with E-state index in [2.05, 4.69) is 24.1 Å². The fourth-order valence-electron chi connectivity index (χ4n) is 3.35. The molecule has 30 heavy (non-hydrogen) atoms. The summed E-state index contributed by atoms with van der Waals surface area (Å²) in [6.07, 6.45) is 0. The molecule has 0 bridgehead atoms. The van der Waals surface area contributed by atoms with Crippen LogP contribution in [-0.2, 0) is 11.8 Å². The minimum Gasteiger partial charge on any atom is -0.325 e. The van der Waals surface area contributed by atoms with E-state index in [-0.39, 0.29) is 17.2 Å². The predicted molar refractivity (Wildman–Crippen MR) is 124 cm³/mol. The first-order valence-corrected chi connectivity index (χ1v) is 10.8. The van der Waals surface area contributed by atoms with Crippen molar-refractivity contribution in [3.8, 4) is 0 Å². The highest BCUT2D eigenvalue weighted by Crippen LogP contribution is 2.23. The van der Waals surface area contributed by atoms with Gasteiger partial charge in [0.2, 0.25) is 5.91 Å². The average molecular weight is 418 g/mol. The molecule has 0 aliphatic rings. The number of aromatic nitrogens is 2. The Labute approximate surface area is 179 Å². The van der Waals surface area contributed by atoms with Gasteiger partial charge in [-0.15, -0.1) is 0 Å². The molecule has 5 nitrogen and oxygen atoms in total. The molecule has 1 amide bonds. The molecular formula is C24H23N3O2S. The summed E-state index contributed by atoms with van der Waals surface area (Å²) in [4.78, 5) is 29.9. The number of nitrogens with one attached hydrogen (secondary N) is 1. The highest BCUT2D eigenvalue weighted by Gasteiger charge is 2.12. The van der Waals surface area contributed by atoms with Gasteiger partial charge in [0.1, 0.15) is 0 Å². The molecule has 0 saturated heterocycles. The zero-order chi connectivity index (χ0) is 21.3. The largest absolute Gasteiger partial charge is 0.325 e. The van der Waals surface area contributed by atoms with Crippen molar-refractivity contribution >= 4 is 45.0 Å². The molecule has 1 aromatic heterocycles. The van der Waals surface area contributed by atoms with Crippen LogP contribution in [0.1, 0.15) is 25.3 Å². The molecule has 1 heterocycles. The first-order chi connectivity index (χ1) is 14.4. The van der Waals surface area contributed by atoms with Gasteiger partial charge < -0.3 is 5.32 Å². The number of carbonyl (C=O) groups excluding carboxylic acids is 1. The molecular weight excluding hydrogens is 394 g/mol. The second-order valence-electron chi connectivity index (χ2n) is 7.59. The molecule has 0 unspecified atom stereocenters. The highest BCUT2D eigenvalue weighted by atomic mass is 32.2. The second-order valence-corrected chi connectivity index (χ2v) is 8.53. The van der Waals surface area contributed by atoms with Crippen LogP contribution in [0.5, 0.6) is 0 Å². The summed E-state index contributed by atoms with van der Waals surface area (Å²) in [6, 6.07) is 19.6. The molecule has 152 valence electrons. The molecule has 0 aliphatic heterocycles. The summed E-state index contributed by atoms with van der Waals surface area (Å²) in [7, 11) is 1.69. The van der Waals surface area contributed by atoms with Gasteiger partial charge in [0, 0.05) is 12.7 Å². The first kappa shape index (κ1) is 20.2. The van der Waals surface area contributed by atoms with Gasteiger partial charge in [0.25, 0.3) is 5.56 Å². The van der Waals surface area contributed by atoms with E-state index < -0.39 is 0 Å². The van der Waals surface area contributed by atoms with E-state index in [1.54, 1.807) is 7.05 Å². The Morgan fingerprint density at radius 1 is 1.07 bits per heavy atom. The summed E-state index contributed by atoms with van der Waals surface area (Å²) in [6.45, 7) is 4.27. The fourth-order valence-corrected chi connectivity index (χ4v) is 4.12. The van der Waals surface area contributed by atoms with E-state index in [1.807, 2.05) is 60.7 Å². The number of carbonyl (C=O) groups is 1. The number of nitrogens with zero attached hydrogens (tertiary/aromatic N) is 2. The lowest BCUT2D eigenvalue weighted by Gasteiger charge is -2.10. The van der Waals surface area contributed by atoms with Crippen molar-refractivity contribution in [3.63, 3.8) is 0 Å². The van der Waals surface area contributed by atoms with Gasteiger partial charge in [-0.2, -0.15) is 0 Å². The molecule has 0 aliphatic carbocycles. The molecule has 0 atom stereocenters. The number of fused-ring (bicyclic) bond motifs is 2. The van der Waals surface area contributed by atoms with E-state index in [9.17, 15) is 9.59 Å². The number of benzene rings is 3. The van der Waals surface area contributed by atoms with E-state index in [0.717, 1.165) is 16.5 Å². The molecule has 0 radical (unpaired) electrons. The SMILES string of the molecule is CC(C)c1ccc(NC(=O)CSc2nc3cc4ccccc4cc3c(=O)n2C)cc1. The van der Waals surface area contributed by atoms with Crippen LogP contribution in [0.4, 0.5) is 5.69 Å². The molecule has 3 aromatic carbocycles. The van der Waals surface area contributed by atoms with E-state index >= 15 is 0 Å². The number of thioether (sulfide) groups is 1. The molecule has 0 saturated carbocycles.